The van der Waals surface area contributed by atoms with E-state index in [0.717, 1.165) is 23.2 Å². The van der Waals surface area contributed by atoms with Crippen molar-refractivity contribution in [3.8, 4) is 0 Å². The molecule has 2 rings (SSSR count). The van der Waals surface area contributed by atoms with Crippen LogP contribution in [0.15, 0.2) is 36.7 Å². The second-order valence-electron chi connectivity index (χ2n) is 4.00. The Balaban J connectivity index is 2.39. The standard InChI is InChI=1S/C14H11F3N2O/c1-2-19(9-3-4-11(15)12(16)7-9)14(20)10-5-6-18-8-13(10)17/h3-8H,2H2,1H3. The van der Waals surface area contributed by atoms with Crippen molar-refractivity contribution in [3.05, 3.63) is 59.7 Å². The number of benzene rings is 1. The molecule has 0 aliphatic carbocycles. The number of hydrogen-bond donors (Lipinski definition) is 0. The molecule has 0 unspecified atom stereocenters. The lowest BCUT2D eigenvalue weighted by molar-refractivity contribution is 0.0984. The molecule has 0 spiro atoms. The van der Waals surface area contributed by atoms with Crippen LogP contribution in [-0.4, -0.2) is 17.4 Å². The molecule has 0 atom stereocenters. The highest BCUT2D eigenvalue weighted by Crippen LogP contribution is 2.20. The van der Waals surface area contributed by atoms with E-state index in [1.165, 1.54) is 18.3 Å². The number of nitrogens with zero attached hydrogens (tertiary/aromatic N) is 2. The second-order valence-corrected chi connectivity index (χ2v) is 4.00. The minimum atomic E-state index is -1.07. The van der Waals surface area contributed by atoms with Gasteiger partial charge in [0.2, 0.25) is 0 Å². The predicted octanol–water partition coefficient (Wildman–Crippen LogP) is 3.17. The van der Waals surface area contributed by atoms with Crippen molar-refractivity contribution >= 4 is 11.6 Å². The summed E-state index contributed by atoms with van der Waals surface area (Å²) >= 11 is 0. The molecule has 0 aliphatic rings. The number of amides is 1. The summed E-state index contributed by atoms with van der Waals surface area (Å²) in [6.07, 6.45) is 2.21. The predicted molar refractivity (Wildman–Crippen MR) is 67.9 cm³/mol. The zero-order valence-corrected chi connectivity index (χ0v) is 10.6. The molecule has 0 saturated carbocycles. The highest BCUT2D eigenvalue weighted by atomic mass is 19.2. The van der Waals surface area contributed by atoms with Gasteiger partial charge in [-0.25, -0.2) is 13.2 Å². The van der Waals surface area contributed by atoms with Crippen LogP contribution < -0.4 is 4.90 Å². The number of carbonyl (C=O) groups is 1. The number of pyridine rings is 1. The number of halogens is 3. The zero-order chi connectivity index (χ0) is 14.7. The SMILES string of the molecule is CCN(C(=O)c1ccncc1F)c1ccc(F)c(F)c1. The molecule has 0 radical (unpaired) electrons. The summed E-state index contributed by atoms with van der Waals surface area (Å²) in [5.41, 5.74) is -0.0146. The van der Waals surface area contributed by atoms with Crippen LogP contribution >= 0.6 is 0 Å². The van der Waals surface area contributed by atoms with Gasteiger partial charge in [0.15, 0.2) is 17.5 Å². The van der Waals surface area contributed by atoms with E-state index in [4.69, 9.17) is 0 Å². The average molecular weight is 280 g/mol. The number of carbonyl (C=O) groups excluding carboxylic acids is 1. The Labute approximate surface area is 113 Å². The maximum absolute atomic E-state index is 13.6. The van der Waals surface area contributed by atoms with Gasteiger partial charge < -0.3 is 4.90 Å². The molecule has 104 valence electrons. The molecule has 0 saturated heterocycles. The summed E-state index contributed by atoms with van der Waals surface area (Å²) < 4.78 is 39.7. The average Bonchev–Trinajstić information content (AvgIpc) is 2.44. The lowest BCUT2D eigenvalue weighted by Gasteiger charge is -2.21. The van der Waals surface area contributed by atoms with Crippen LogP contribution in [-0.2, 0) is 0 Å². The third kappa shape index (κ3) is 2.64. The first kappa shape index (κ1) is 14.0. The maximum atomic E-state index is 13.6. The van der Waals surface area contributed by atoms with Crippen LogP contribution in [0.2, 0.25) is 0 Å². The van der Waals surface area contributed by atoms with E-state index in [1.807, 2.05) is 0 Å². The lowest BCUT2D eigenvalue weighted by atomic mass is 10.2. The first-order chi connectivity index (χ1) is 9.54. The highest BCUT2D eigenvalue weighted by molar-refractivity contribution is 6.06. The molecule has 1 aromatic heterocycles. The fraction of sp³-hybridized carbons (Fsp3) is 0.143. The van der Waals surface area contributed by atoms with Crippen molar-refractivity contribution in [1.29, 1.82) is 0 Å². The Morgan fingerprint density at radius 2 is 1.90 bits per heavy atom. The topological polar surface area (TPSA) is 33.2 Å². The molecule has 1 heterocycles. The Hall–Kier alpha value is -2.37. The summed E-state index contributed by atoms with van der Waals surface area (Å²) in [6.45, 7) is 1.84. The normalized spacial score (nSPS) is 10.4. The maximum Gasteiger partial charge on any atom is 0.261 e. The minimum absolute atomic E-state index is 0.160. The Kier molecular flexibility index (Phi) is 4.02. The minimum Gasteiger partial charge on any atom is -0.308 e. The van der Waals surface area contributed by atoms with Crippen molar-refractivity contribution in [2.24, 2.45) is 0 Å². The van der Waals surface area contributed by atoms with E-state index in [0.29, 0.717) is 0 Å². The quantitative estimate of drug-likeness (QED) is 0.865. The van der Waals surface area contributed by atoms with Crippen LogP contribution in [0.3, 0.4) is 0 Å². The molecule has 20 heavy (non-hydrogen) atoms. The second kappa shape index (κ2) is 5.73. The van der Waals surface area contributed by atoms with E-state index < -0.39 is 23.4 Å². The summed E-state index contributed by atoms with van der Waals surface area (Å²) in [7, 11) is 0. The Bertz CT molecular complexity index is 646. The van der Waals surface area contributed by atoms with Gasteiger partial charge in [0.1, 0.15) is 0 Å². The van der Waals surface area contributed by atoms with Crippen molar-refractivity contribution in [2.45, 2.75) is 6.92 Å². The van der Waals surface area contributed by atoms with Crippen molar-refractivity contribution < 1.29 is 18.0 Å². The van der Waals surface area contributed by atoms with Crippen molar-refractivity contribution in [3.63, 3.8) is 0 Å². The Morgan fingerprint density at radius 1 is 1.15 bits per heavy atom. The summed E-state index contributed by atoms with van der Waals surface area (Å²) in [5, 5.41) is 0. The molecule has 6 heteroatoms. The molecule has 0 fully saturated rings. The van der Waals surface area contributed by atoms with E-state index >= 15 is 0 Å². The van der Waals surface area contributed by atoms with Crippen molar-refractivity contribution in [2.75, 3.05) is 11.4 Å². The molecule has 0 bridgehead atoms. The molecule has 1 amide bonds. The molecular formula is C14H11F3N2O. The van der Waals surface area contributed by atoms with E-state index in [-0.39, 0.29) is 17.8 Å². The number of rotatable bonds is 3. The van der Waals surface area contributed by atoms with Crippen LogP contribution in [0.25, 0.3) is 0 Å². The van der Waals surface area contributed by atoms with Gasteiger partial charge in [-0.1, -0.05) is 0 Å². The van der Waals surface area contributed by atoms with E-state index in [2.05, 4.69) is 4.98 Å². The first-order valence-corrected chi connectivity index (χ1v) is 5.91. The molecule has 0 aliphatic heterocycles. The van der Waals surface area contributed by atoms with Crippen molar-refractivity contribution in [1.82, 2.24) is 4.98 Å². The van der Waals surface area contributed by atoms with Crippen LogP contribution in [0, 0.1) is 17.5 Å². The van der Waals surface area contributed by atoms with Crippen LogP contribution in [0.1, 0.15) is 17.3 Å². The fourth-order valence-corrected chi connectivity index (χ4v) is 1.79. The van der Waals surface area contributed by atoms with Gasteiger partial charge in [-0.15, -0.1) is 0 Å². The van der Waals surface area contributed by atoms with Crippen LogP contribution in [0.5, 0.6) is 0 Å². The van der Waals surface area contributed by atoms with Gasteiger partial charge in [-0.2, -0.15) is 0 Å². The molecule has 2 aromatic rings. The summed E-state index contributed by atoms with van der Waals surface area (Å²) in [4.78, 5) is 16.9. The molecular weight excluding hydrogens is 269 g/mol. The zero-order valence-electron chi connectivity index (χ0n) is 10.6. The third-order valence-corrected chi connectivity index (χ3v) is 2.78. The van der Waals surface area contributed by atoms with Gasteiger partial charge in [-0.05, 0) is 25.1 Å². The molecule has 1 aromatic carbocycles. The molecule has 0 N–H and O–H groups in total. The summed E-state index contributed by atoms with van der Waals surface area (Å²) in [5.74, 6) is -3.48. The fourth-order valence-electron chi connectivity index (χ4n) is 1.79. The largest absolute Gasteiger partial charge is 0.308 e. The van der Waals surface area contributed by atoms with Crippen LogP contribution in [0.4, 0.5) is 18.9 Å². The lowest BCUT2D eigenvalue weighted by Crippen LogP contribution is -2.31. The number of anilines is 1. The number of aromatic nitrogens is 1. The number of hydrogen-bond acceptors (Lipinski definition) is 2. The van der Waals surface area contributed by atoms with E-state index in [1.54, 1.807) is 6.92 Å². The smallest absolute Gasteiger partial charge is 0.261 e. The van der Waals surface area contributed by atoms with Gasteiger partial charge in [0, 0.05) is 24.5 Å². The van der Waals surface area contributed by atoms with Gasteiger partial charge in [0.25, 0.3) is 5.91 Å². The highest BCUT2D eigenvalue weighted by Gasteiger charge is 2.20. The Morgan fingerprint density at radius 3 is 2.50 bits per heavy atom. The third-order valence-electron chi connectivity index (χ3n) is 2.78. The van der Waals surface area contributed by atoms with E-state index in [9.17, 15) is 18.0 Å². The van der Waals surface area contributed by atoms with Gasteiger partial charge in [0.05, 0.1) is 11.8 Å². The van der Waals surface area contributed by atoms with Gasteiger partial charge in [-0.3, -0.25) is 9.78 Å². The summed E-state index contributed by atoms with van der Waals surface area (Å²) in [6, 6.07) is 4.32. The molecule has 3 nitrogen and oxygen atoms in total. The first-order valence-electron chi connectivity index (χ1n) is 5.91. The van der Waals surface area contributed by atoms with Gasteiger partial charge >= 0.3 is 0 Å². The monoisotopic (exact) mass is 280 g/mol.